The van der Waals surface area contributed by atoms with Gasteiger partial charge in [0.25, 0.3) is 0 Å². The number of methoxy groups -OCH3 is 1. The van der Waals surface area contributed by atoms with Crippen molar-refractivity contribution in [2.45, 2.75) is 27.2 Å². The molecule has 0 bridgehead atoms. The van der Waals surface area contributed by atoms with Crippen LogP contribution in [0.2, 0.25) is 0 Å². The van der Waals surface area contributed by atoms with Gasteiger partial charge in [-0.3, -0.25) is 0 Å². The third-order valence-corrected chi connectivity index (χ3v) is 1.62. The number of rotatable bonds is 2. The predicted molar refractivity (Wildman–Crippen MR) is 53.7 cm³/mol. The van der Waals surface area contributed by atoms with E-state index in [0.29, 0.717) is 5.75 Å². The van der Waals surface area contributed by atoms with E-state index in [2.05, 4.69) is 0 Å². The highest BCUT2D eigenvalue weighted by Crippen LogP contribution is 2.17. The maximum Gasteiger partial charge on any atom is 0.165 e. The Morgan fingerprint density at radius 1 is 1.31 bits per heavy atom. The molecule has 0 fully saturated rings. The molecule has 74 valence electrons. The molecule has 0 aromatic heterocycles. The van der Waals surface area contributed by atoms with Gasteiger partial charge in [-0.05, 0) is 24.1 Å². The zero-order valence-corrected chi connectivity index (χ0v) is 8.73. The molecule has 1 nitrogen and oxygen atoms in total. The highest BCUT2D eigenvalue weighted by atomic mass is 19.1. The minimum absolute atomic E-state index is 0.301. The van der Waals surface area contributed by atoms with Crippen LogP contribution >= 0.6 is 0 Å². The quantitative estimate of drug-likeness (QED) is 0.684. The van der Waals surface area contributed by atoms with Gasteiger partial charge in [-0.2, -0.15) is 0 Å². The number of ether oxygens (including phenoxy) is 1. The molecule has 1 aromatic rings. The summed E-state index contributed by atoms with van der Waals surface area (Å²) in [6.45, 7) is 6.02. The molecule has 1 rings (SSSR count). The van der Waals surface area contributed by atoms with Gasteiger partial charge >= 0.3 is 0 Å². The molecule has 0 radical (unpaired) electrons. The number of benzene rings is 1. The number of halogens is 1. The summed E-state index contributed by atoms with van der Waals surface area (Å²) < 4.78 is 17.6. The Labute approximate surface area is 79.5 Å². The molecule has 0 saturated heterocycles. The summed E-state index contributed by atoms with van der Waals surface area (Å²) in [5, 5.41) is 0. The van der Waals surface area contributed by atoms with Crippen molar-refractivity contribution in [3.63, 3.8) is 0 Å². The van der Waals surface area contributed by atoms with Gasteiger partial charge in [-0.1, -0.05) is 26.8 Å². The Bertz CT molecular complexity index is 246. The van der Waals surface area contributed by atoms with E-state index in [-0.39, 0.29) is 5.82 Å². The maximum absolute atomic E-state index is 12.8. The maximum atomic E-state index is 12.8. The highest BCUT2D eigenvalue weighted by molar-refractivity contribution is 5.30. The third-order valence-electron chi connectivity index (χ3n) is 1.62. The number of hydrogen-bond donors (Lipinski definition) is 0. The minimum atomic E-state index is -0.301. The van der Waals surface area contributed by atoms with Crippen LogP contribution in [0, 0.1) is 5.82 Å². The van der Waals surface area contributed by atoms with Crippen LogP contribution in [-0.4, -0.2) is 7.11 Å². The van der Waals surface area contributed by atoms with Crippen LogP contribution < -0.4 is 4.74 Å². The van der Waals surface area contributed by atoms with Crippen LogP contribution in [0.4, 0.5) is 4.39 Å². The van der Waals surface area contributed by atoms with Crippen molar-refractivity contribution < 1.29 is 9.13 Å². The van der Waals surface area contributed by atoms with E-state index >= 15 is 0 Å². The lowest BCUT2D eigenvalue weighted by Crippen LogP contribution is -1.89. The van der Waals surface area contributed by atoms with Crippen LogP contribution in [0.15, 0.2) is 18.2 Å². The summed E-state index contributed by atoms with van der Waals surface area (Å²) in [7, 11) is 1.47. The fraction of sp³-hybridized carbons (Fsp3) is 0.455. The first-order chi connectivity index (χ1) is 6.27. The summed E-state index contributed by atoms with van der Waals surface area (Å²) in [6.07, 6.45) is 0.899. The molecule has 0 amide bonds. The second-order valence-electron chi connectivity index (χ2n) is 2.32. The van der Waals surface area contributed by atoms with Crippen LogP contribution in [0.25, 0.3) is 0 Å². The topological polar surface area (TPSA) is 9.23 Å². The summed E-state index contributed by atoms with van der Waals surface area (Å²) in [6, 6.07) is 4.91. The molecule has 13 heavy (non-hydrogen) atoms. The molecule has 0 aliphatic carbocycles. The van der Waals surface area contributed by atoms with Gasteiger partial charge in [0.15, 0.2) is 11.6 Å². The Morgan fingerprint density at radius 2 is 1.92 bits per heavy atom. The first kappa shape index (κ1) is 11.9. The normalized spacial score (nSPS) is 8.69. The summed E-state index contributed by atoms with van der Waals surface area (Å²) in [4.78, 5) is 0. The van der Waals surface area contributed by atoms with Crippen LogP contribution in [-0.2, 0) is 6.42 Å². The van der Waals surface area contributed by atoms with Gasteiger partial charge in [0, 0.05) is 0 Å². The van der Waals surface area contributed by atoms with Crippen LogP contribution in [0.3, 0.4) is 0 Å². The van der Waals surface area contributed by atoms with Crippen molar-refractivity contribution in [1.82, 2.24) is 0 Å². The Kier molecular flexibility index (Phi) is 5.94. The first-order valence-corrected chi connectivity index (χ1v) is 4.60. The van der Waals surface area contributed by atoms with Gasteiger partial charge in [0.1, 0.15) is 0 Å². The molecule has 0 heterocycles. The predicted octanol–water partition coefficient (Wildman–Crippen LogP) is 3.42. The average molecular weight is 184 g/mol. The van der Waals surface area contributed by atoms with E-state index in [1.165, 1.54) is 13.2 Å². The zero-order chi connectivity index (χ0) is 10.3. The Balaban J connectivity index is 0.000000671. The van der Waals surface area contributed by atoms with Gasteiger partial charge in [-0.15, -0.1) is 0 Å². The van der Waals surface area contributed by atoms with E-state index in [1.54, 1.807) is 12.1 Å². The summed E-state index contributed by atoms with van der Waals surface area (Å²) in [5.41, 5.74) is 1.09. The molecule has 0 saturated carbocycles. The molecule has 0 atom stereocenters. The van der Waals surface area contributed by atoms with Gasteiger partial charge < -0.3 is 4.74 Å². The van der Waals surface area contributed by atoms with Crippen molar-refractivity contribution in [2.75, 3.05) is 7.11 Å². The molecule has 0 spiro atoms. The van der Waals surface area contributed by atoms with Gasteiger partial charge in [0.2, 0.25) is 0 Å². The Morgan fingerprint density at radius 3 is 2.38 bits per heavy atom. The van der Waals surface area contributed by atoms with Crippen LogP contribution in [0.5, 0.6) is 5.75 Å². The summed E-state index contributed by atoms with van der Waals surface area (Å²) in [5.74, 6) is 0.0223. The van der Waals surface area contributed by atoms with Gasteiger partial charge in [0.05, 0.1) is 7.11 Å². The molecular weight excluding hydrogens is 167 g/mol. The zero-order valence-electron chi connectivity index (χ0n) is 8.73. The monoisotopic (exact) mass is 184 g/mol. The molecule has 1 aromatic carbocycles. The van der Waals surface area contributed by atoms with E-state index in [1.807, 2.05) is 20.8 Å². The van der Waals surface area contributed by atoms with Crippen LogP contribution in [0.1, 0.15) is 26.3 Å². The fourth-order valence-corrected chi connectivity index (χ4v) is 0.924. The van der Waals surface area contributed by atoms with E-state index < -0.39 is 0 Å². The number of aryl methyl sites for hydroxylation is 1. The molecule has 0 aliphatic rings. The van der Waals surface area contributed by atoms with E-state index in [9.17, 15) is 4.39 Å². The lowest BCUT2D eigenvalue weighted by Gasteiger charge is -2.02. The summed E-state index contributed by atoms with van der Waals surface area (Å²) >= 11 is 0. The van der Waals surface area contributed by atoms with E-state index in [0.717, 1.165) is 12.0 Å². The Hall–Kier alpha value is -1.05. The molecule has 2 heteroatoms. The molecule has 0 aliphatic heterocycles. The SMILES string of the molecule is CC.CCc1ccc(F)c(OC)c1. The van der Waals surface area contributed by atoms with Crippen molar-refractivity contribution >= 4 is 0 Å². The van der Waals surface area contributed by atoms with Crippen molar-refractivity contribution in [2.24, 2.45) is 0 Å². The lowest BCUT2D eigenvalue weighted by atomic mass is 10.1. The van der Waals surface area contributed by atoms with Crippen molar-refractivity contribution in [3.8, 4) is 5.75 Å². The smallest absolute Gasteiger partial charge is 0.165 e. The standard InChI is InChI=1S/C9H11FO.C2H6/c1-3-7-4-5-8(10)9(6-7)11-2;1-2/h4-6H,3H2,1-2H3;1-2H3. The minimum Gasteiger partial charge on any atom is -0.494 e. The number of hydrogen-bond acceptors (Lipinski definition) is 1. The van der Waals surface area contributed by atoms with Gasteiger partial charge in [-0.25, -0.2) is 4.39 Å². The van der Waals surface area contributed by atoms with E-state index in [4.69, 9.17) is 4.74 Å². The third kappa shape index (κ3) is 3.45. The fourth-order valence-electron chi connectivity index (χ4n) is 0.924. The van der Waals surface area contributed by atoms with Crippen molar-refractivity contribution in [1.29, 1.82) is 0 Å². The highest BCUT2D eigenvalue weighted by Gasteiger charge is 2.00. The first-order valence-electron chi connectivity index (χ1n) is 4.60. The van der Waals surface area contributed by atoms with Crippen molar-refractivity contribution in [3.05, 3.63) is 29.6 Å². The second kappa shape index (κ2) is 6.46. The second-order valence-corrected chi connectivity index (χ2v) is 2.32. The average Bonchev–Trinajstić information content (AvgIpc) is 2.22. The lowest BCUT2D eigenvalue weighted by molar-refractivity contribution is 0.386. The molecular formula is C11H17FO. The molecule has 0 N–H and O–H groups in total. The largest absolute Gasteiger partial charge is 0.494 e. The molecule has 0 unspecified atom stereocenters.